The Hall–Kier alpha value is -3.23. The van der Waals surface area contributed by atoms with E-state index in [0.29, 0.717) is 28.9 Å². The number of nitrogens with one attached hydrogen (secondary N) is 2. The maximum absolute atomic E-state index is 12.4. The number of aryl methyl sites for hydroxylation is 1. The predicted octanol–water partition coefficient (Wildman–Crippen LogP) is 0.823. The third-order valence-corrected chi connectivity index (χ3v) is 3.60. The van der Waals surface area contributed by atoms with Crippen LogP contribution in [0.3, 0.4) is 0 Å². The fourth-order valence-corrected chi connectivity index (χ4v) is 2.44. The third-order valence-electron chi connectivity index (χ3n) is 3.60. The van der Waals surface area contributed by atoms with Gasteiger partial charge in [0.05, 0.1) is 17.6 Å². The highest BCUT2D eigenvalue weighted by Gasteiger charge is 2.29. The molecule has 0 saturated carbocycles. The minimum Gasteiger partial charge on any atom is -0.382 e. The normalized spacial score (nSPS) is 17.1. The van der Waals surface area contributed by atoms with Crippen molar-refractivity contribution in [1.29, 1.82) is 0 Å². The fraction of sp³-hybridized carbons (Fsp3) is 0.214. The maximum Gasteiger partial charge on any atom is 0.268 e. The number of hydrogen-bond acceptors (Lipinski definition) is 6. The Kier molecular flexibility index (Phi) is 3.04. The molecule has 1 atom stereocenters. The largest absolute Gasteiger partial charge is 0.382 e. The zero-order valence-corrected chi connectivity index (χ0v) is 12.2. The molecule has 1 aliphatic rings. The number of aromatic amines is 1. The van der Waals surface area contributed by atoms with Crippen LogP contribution in [-0.4, -0.2) is 42.9 Å². The molecule has 0 radical (unpaired) electrons. The summed E-state index contributed by atoms with van der Waals surface area (Å²) in [5, 5.41) is 21.4. The van der Waals surface area contributed by atoms with Gasteiger partial charge in [0.15, 0.2) is 0 Å². The summed E-state index contributed by atoms with van der Waals surface area (Å²) in [5.74, 6) is -0.275. The molecular formula is C14H13N7O2. The standard InChI is InChI=1S/C14H13N7O2/c1-21-7-8(6-15-21)11-5-12(23-19-11)14(22)16-9-3-2-4-10-13(9)18-20-17-10/h2-4,6-7,12H,5H2,1H3,(H,16,22)(H,17,18,20). The molecule has 23 heavy (non-hydrogen) atoms. The van der Waals surface area contributed by atoms with Gasteiger partial charge in [-0.1, -0.05) is 11.2 Å². The monoisotopic (exact) mass is 311 g/mol. The summed E-state index contributed by atoms with van der Waals surface area (Å²) < 4.78 is 1.68. The van der Waals surface area contributed by atoms with Gasteiger partial charge in [-0.05, 0) is 12.1 Å². The number of anilines is 1. The number of para-hydroxylation sites is 1. The summed E-state index contributed by atoms with van der Waals surface area (Å²) in [6.07, 6.45) is 3.25. The molecule has 2 aromatic heterocycles. The number of carbonyl (C=O) groups is 1. The average molecular weight is 311 g/mol. The highest BCUT2D eigenvalue weighted by molar-refractivity contribution is 6.07. The average Bonchev–Trinajstić information content (AvgIpc) is 3.27. The number of fused-ring (bicyclic) bond motifs is 1. The number of H-pyrrole nitrogens is 1. The van der Waals surface area contributed by atoms with E-state index in [0.717, 1.165) is 5.56 Å². The molecule has 0 spiro atoms. The van der Waals surface area contributed by atoms with E-state index in [1.807, 2.05) is 19.3 Å². The smallest absolute Gasteiger partial charge is 0.268 e. The van der Waals surface area contributed by atoms with Crippen molar-refractivity contribution in [1.82, 2.24) is 25.2 Å². The van der Waals surface area contributed by atoms with E-state index >= 15 is 0 Å². The number of aromatic nitrogens is 5. The molecule has 9 heteroatoms. The summed E-state index contributed by atoms with van der Waals surface area (Å²) in [4.78, 5) is 17.6. The Labute approximate surface area is 130 Å². The van der Waals surface area contributed by atoms with Crippen molar-refractivity contribution < 1.29 is 9.63 Å². The van der Waals surface area contributed by atoms with Crippen molar-refractivity contribution in [2.75, 3.05) is 5.32 Å². The van der Waals surface area contributed by atoms with Crippen LogP contribution in [0.2, 0.25) is 0 Å². The Morgan fingerprint density at radius 1 is 1.43 bits per heavy atom. The van der Waals surface area contributed by atoms with Crippen LogP contribution >= 0.6 is 0 Å². The van der Waals surface area contributed by atoms with Crippen LogP contribution in [0, 0.1) is 0 Å². The van der Waals surface area contributed by atoms with Crippen molar-refractivity contribution in [3.8, 4) is 0 Å². The summed E-state index contributed by atoms with van der Waals surface area (Å²) in [5.41, 5.74) is 3.42. The summed E-state index contributed by atoms with van der Waals surface area (Å²) >= 11 is 0. The molecule has 2 N–H and O–H groups in total. The highest BCUT2D eigenvalue weighted by Crippen LogP contribution is 2.21. The summed E-state index contributed by atoms with van der Waals surface area (Å²) in [6.45, 7) is 0. The highest BCUT2D eigenvalue weighted by atomic mass is 16.6. The van der Waals surface area contributed by atoms with Gasteiger partial charge in [-0.25, -0.2) is 0 Å². The van der Waals surface area contributed by atoms with Crippen LogP contribution in [0.1, 0.15) is 12.0 Å². The lowest BCUT2D eigenvalue weighted by Gasteiger charge is -2.09. The Morgan fingerprint density at radius 2 is 2.35 bits per heavy atom. The fourth-order valence-electron chi connectivity index (χ4n) is 2.44. The van der Waals surface area contributed by atoms with Gasteiger partial charge in [-0.2, -0.15) is 20.5 Å². The molecule has 0 fully saturated rings. The zero-order valence-electron chi connectivity index (χ0n) is 12.2. The third kappa shape index (κ3) is 2.41. The van der Waals surface area contributed by atoms with Gasteiger partial charge in [0, 0.05) is 25.2 Å². The van der Waals surface area contributed by atoms with Gasteiger partial charge in [-0.3, -0.25) is 9.48 Å². The lowest BCUT2D eigenvalue weighted by Crippen LogP contribution is -2.28. The molecule has 116 valence electrons. The molecule has 0 aliphatic carbocycles. The molecule has 0 bridgehead atoms. The number of benzene rings is 1. The van der Waals surface area contributed by atoms with E-state index in [4.69, 9.17) is 4.84 Å². The Morgan fingerprint density at radius 3 is 3.17 bits per heavy atom. The van der Waals surface area contributed by atoms with Crippen LogP contribution < -0.4 is 5.32 Å². The summed E-state index contributed by atoms with van der Waals surface area (Å²) in [6, 6.07) is 5.37. The van der Waals surface area contributed by atoms with Gasteiger partial charge in [0.1, 0.15) is 11.0 Å². The molecule has 3 aromatic rings. The Bertz CT molecular complexity index is 911. The first-order valence-corrected chi connectivity index (χ1v) is 7.03. The number of rotatable bonds is 3. The molecule has 1 amide bonds. The van der Waals surface area contributed by atoms with Gasteiger partial charge >= 0.3 is 0 Å². The molecule has 4 rings (SSSR count). The number of hydrogen-bond donors (Lipinski definition) is 2. The molecule has 9 nitrogen and oxygen atoms in total. The first-order chi connectivity index (χ1) is 11.2. The van der Waals surface area contributed by atoms with Crippen LogP contribution in [0.25, 0.3) is 11.0 Å². The molecule has 1 unspecified atom stereocenters. The summed E-state index contributed by atoms with van der Waals surface area (Å²) in [7, 11) is 1.82. The van der Waals surface area contributed by atoms with E-state index in [2.05, 4.69) is 31.0 Å². The first kappa shape index (κ1) is 13.4. The van der Waals surface area contributed by atoms with E-state index < -0.39 is 6.10 Å². The molecule has 3 heterocycles. The second-order valence-electron chi connectivity index (χ2n) is 5.22. The quantitative estimate of drug-likeness (QED) is 0.744. The van der Waals surface area contributed by atoms with Gasteiger partial charge in [-0.15, -0.1) is 0 Å². The Balaban J connectivity index is 1.48. The first-order valence-electron chi connectivity index (χ1n) is 7.03. The lowest BCUT2D eigenvalue weighted by atomic mass is 10.1. The second-order valence-corrected chi connectivity index (χ2v) is 5.22. The van der Waals surface area contributed by atoms with E-state index in [1.54, 1.807) is 23.0 Å². The molecular weight excluding hydrogens is 298 g/mol. The second kappa shape index (κ2) is 5.20. The van der Waals surface area contributed by atoms with Crippen LogP contribution in [0.5, 0.6) is 0 Å². The molecule has 1 aliphatic heterocycles. The van der Waals surface area contributed by atoms with Gasteiger partial charge in [0.25, 0.3) is 5.91 Å². The van der Waals surface area contributed by atoms with Crippen molar-refractivity contribution in [3.05, 3.63) is 36.2 Å². The van der Waals surface area contributed by atoms with Gasteiger partial charge in [0.2, 0.25) is 6.10 Å². The van der Waals surface area contributed by atoms with Crippen molar-refractivity contribution in [2.24, 2.45) is 12.2 Å². The lowest BCUT2D eigenvalue weighted by molar-refractivity contribution is -0.125. The van der Waals surface area contributed by atoms with Gasteiger partial charge < -0.3 is 10.2 Å². The van der Waals surface area contributed by atoms with E-state index in [1.165, 1.54) is 0 Å². The number of nitrogens with zero attached hydrogens (tertiary/aromatic N) is 5. The topological polar surface area (TPSA) is 110 Å². The minimum absolute atomic E-state index is 0.275. The SMILES string of the molecule is Cn1cc(C2=NOC(C(=O)Nc3cccc4n[nH]nc34)C2)cn1. The van der Waals surface area contributed by atoms with E-state index in [-0.39, 0.29) is 5.91 Å². The zero-order chi connectivity index (χ0) is 15.8. The van der Waals surface area contributed by atoms with Crippen molar-refractivity contribution in [2.45, 2.75) is 12.5 Å². The van der Waals surface area contributed by atoms with Crippen LogP contribution in [-0.2, 0) is 16.7 Å². The minimum atomic E-state index is -0.674. The molecule has 1 aromatic carbocycles. The maximum atomic E-state index is 12.4. The predicted molar refractivity (Wildman–Crippen MR) is 81.8 cm³/mol. The number of oxime groups is 1. The van der Waals surface area contributed by atoms with Crippen molar-refractivity contribution in [3.63, 3.8) is 0 Å². The van der Waals surface area contributed by atoms with Crippen LogP contribution in [0.4, 0.5) is 5.69 Å². The number of amides is 1. The van der Waals surface area contributed by atoms with E-state index in [9.17, 15) is 4.79 Å². The molecule has 0 saturated heterocycles. The van der Waals surface area contributed by atoms with Crippen molar-refractivity contribution >= 4 is 28.3 Å². The number of carbonyl (C=O) groups excluding carboxylic acids is 1. The van der Waals surface area contributed by atoms with Crippen LogP contribution in [0.15, 0.2) is 35.7 Å².